The van der Waals surface area contributed by atoms with E-state index in [0.29, 0.717) is 0 Å². The van der Waals surface area contributed by atoms with Crippen molar-refractivity contribution >= 4 is 22.2 Å². The van der Waals surface area contributed by atoms with Crippen molar-refractivity contribution < 1.29 is 0 Å². The summed E-state index contributed by atoms with van der Waals surface area (Å²) in [6, 6.07) is 12.3. The molecule has 0 amide bonds. The monoisotopic (exact) mass is 252 g/mol. The van der Waals surface area contributed by atoms with Crippen LogP contribution in [0.15, 0.2) is 47.3 Å². The minimum Gasteiger partial charge on any atom is -0.347 e. The summed E-state index contributed by atoms with van der Waals surface area (Å²) in [5.74, 6) is 0. The summed E-state index contributed by atoms with van der Waals surface area (Å²) in [6.07, 6.45) is 3.10. The largest absolute Gasteiger partial charge is 0.347 e. The minimum atomic E-state index is 0.752. The third-order valence-electron chi connectivity index (χ3n) is 3.16. The first-order valence-corrected chi connectivity index (χ1v) is 6.82. The Kier molecular flexibility index (Phi) is 2.87. The smallest absolute Gasteiger partial charge is 0.0998 e. The molecule has 18 heavy (non-hydrogen) atoms. The minimum absolute atomic E-state index is 0.752. The number of nitrogens with zero attached hydrogens (tertiary/aromatic N) is 2. The fourth-order valence-electron chi connectivity index (χ4n) is 2.20. The highest BCUT2D eigenvalue weighted by Gasteiger charge is 2.05. The van der Waals surface area contributed by atoms with Gasteiger partial charge in [0.2, 0.25) is 0 Å². The molecule has 0 spiro atoms. The van der Waals surface area contributed by atoms with Gasteiger partial charge in [-0.3, -0.25) is 0 Å². The van der Waals surface area contributed by atoms with Gasteiger partial charge in [0.1, 0.15) is 0 Å². The van der Waals surface area contributed by atoms with Crippen molar-refractivity contribution in [3.8, 4) is 6.07 Å². The van der Waals surface area contributed by atoms with Gasteiger partial charge in [-0.25, -0.2) is 0 Å². The molecule has 0 radical (unpaired) electrons. The van der Waals surface area contributed by atoms with Gasteiger partial charge in [-0.05, 0) is 47.0 Å². The molecule has 0 fully saturated rings. The molecule has 0 unspecified atom stereocenters. The summed E-state index contributed by atoms with van der Waals surface area (Å²) < 4.78 is 2.22. The van der Waals surface area contributed by atoms with E-state index >= 15 is 0 Å². The first-order chi connectivity index (χ1) is 8.88. The van der Waals surface area contributed by atoms with Gasteiger partial charge in [-0.15, -0.1) is 0 Å². The zero-order chi connectivity index (χ0) is 12.4. The lowest BCUT2D eigenvalue weighted by molar-refractivity contribution is 0.724. The maximum atomic E-state index is 9.07. The van der Waals surface area contributed by atoms with Crippen LogP contribution in [0.1, 0.15) is 11.1 Å². The van der Waals surface area contributed by atoms with Crippen LogP contribution in [0.4, 0.5) is 0 Å². The molecule has 3 heteroatoms. The van der Waals surface area contributed by atoms with Crippen LogP contribution in [0.2, 0.25) is 0 Å². The molecule has 1 aromatic carbocycles. The number of fused-ring (bicyclic) bond motifs is 1. The van der Waals surface area contributed by atoms with Crippen LogP contribution < -0.4 is 0 Å². The molecule has 0 bridgehead atoms. The van der Waals surface area contributed by atoms with E-state index in [1.54, 1.807) is 11.3 Å². The van der Waals surface area contributed by atoms with Gasteiger partial charge >= 0.3 is 0 Å². The van der Waals surface area contributed by atoms with Crippen LogP contribution in [0.25, 0.3) is 10.9 Å². The molecule has 3 aromatic rings. The second-order valence-electron chi connectivity index (χ2n) is 4.24. The Balaban J connectivity index is 1.91. The highest BCUT2D eigenvalue weighted by atomic mass is 32.1. The van der Waals surface area contributed by atoms with E-state index in [9.17, 15) is 0 Å². The molecule has 0 atom stereocenters. The summed E-state index contributed by atoms with van der Waals surface area (Å²) in [5.41, 5.74) is 3.27. The molecule has 0 aliphatic carbocycles. The number of nitriles is 1. The van der Waals surface area contributed by atoms with Crippen molar-refractivity contribution in [2.24, 2.45) is 0 Å². The van der Waals surface area contributed by atoms with E-state index in [2.05, 4.69) is 39.7 Å². The van der Waals surface area contributed by atoms with E-state index < -0.39 is 0 Å². The second-order valence-corrected chi connectivity index (χ2v) is 5.02. The summed E-state index contributed by atoms with van der Waals surface area (Å²) in [5, 5.41) is 14.4. The first-order valence-electron chi connectivity index (χ1n) is 5.87. The van der Waals surface area contributed by atoms with Gasteiger partial charge in [0.05, 0.1) is 11.6 Å². The zero-order valence-electron chi connectivity index (χ0n) is 9.84. The fourth-order valence-corrected chi connectivity index (χ4v) is 2.90. The predicted octanol–water partition coefficient (Wildman–Crippen LogP) is 3.82. The van der Waals surface area contributed by atoms with E-state index in [0.717, 1.165) is 29.4 Å². The predicted molar refractivity (Wildman–Crippen MR) is 74.7 cm³/mol. The van der Waals surface area contributed by atoms with Crippen molar-refractivity contribution in [1.29, 1.82) is 5.26 Å². The Hall–Kier alpha value is -2.05. The number of aryl methyl sites for hydroxylation is 2. The maximum absolute atomic E-state index is 9.07. The molecule has 2 heterocycles. The Bertz CT molecular complexity index is 702. The summed E-state index contributed by atoms with van der Waals surface area (Å²) in [7, 11) is 0. The first kappa shape index (κ1) is 11.1. The molecule has 0 aliphatic heterocycles. The number of rotatable bonds is 3. The van der Waals surface area contributed by atoms with Crippen LogP contribution in [-0.4, -0.2) is 4.57 Å². The summed E-state index contributed by atoms with van der Waals surface area (Å²) in [4.78, 5) is 0. The lowest BCUT2D eigenvalue weighted by atomic mass is 10.1. The SMILES string of the molecule is N#Cc1cccc2c1ccn2CCc1ccsc1. The fraction of sp³-hybridized carbons (Fsp3) is 0.133. The zero-order valence-corrected chi connectivity index (χ0v) is 10.7. The Morgan fingerprint density at radius 2 is 2.17 bits per heavy atom. The molecule has 88 valence electrons. The molecule has 0 saturated carbocycles. The standard InChI is InChI=1S/C15H12N2S/c16-10-13-2-1-3-15-14(13)5-8-17(15)7-4-12-6-9-18-11-12/h1-3,5-6,8-9,11H,4,7H2. The highest BCUT2D eigenvalue weighted by molar-refractivity contribution is 7.07. The van der Waals surface area contributed by atoms with Crippen LogP contribution in [-0.2, 0) is 13.0 Å². The average Bonchev–Trinajstić information content (AvgIpc) is 3.05. The third kappa shape index (κ3) is 1.92. The summed E-state index contributed by atoms with van der Waals surface area (Å²) >= 11 is 1.73. The molecular weight excluding hydrogens is 240 g/mol. The highest BCUT2D eigenvalue weighted by Crippen LogP contribution is 2.20. The molecule has 2 aromatic heterocycles. The van der Waals surface area contributed by atoms with Gasteiger partial charge in [0.25, 0.3) is 0 Å². The Labute approximate surface area is 110 Å². The van der Waals surface area contributed by atoms with Crippen molar-refractivity contribution in [3.63, 3.8) is 0 Å². The molecule has 2 nitrogen and oxygen atoms in total. The quantitative estimate of drug-likeness (QED) is 0.696. The number of thiophene rings is 1. The van der Waals surface area contributed by atoms with Crippen molar-refractivity contribution in [2.45, 2.75) is 13.0 Å². The lowest BCUT2D eigenvalue weighted by Crippen LogP contribution is -1.98. The normalized spacial score (nSPS) is 10.6. The molecular formula is C15H12N2S. The Morgan fingerprint density at radius 1 is 1.22 bits per heavy atom. The van der Waals surface area contributed by atoms with E-state index in [4.69, 9.17) is 5.26 Å². The molecule has 0 saturated heterocycles. The Morgan fingerprint density at radius 3 is 2.94 bits per heavy atom. The van der Waals surface area contributed by atoms with Gasteiger partial charge in [0.15, 0.2) is 0 Å². The molecule has 3 rings (SSSR count). The van der Waals surface area contributed by atoms with Crippen LogP contribution in [0.3, 0.4) is 0 Å². The lowest BCUT2D eigenvalue weighted by Gasteiger charge is -2.04. The summed E-state index contributed by atoms with van der Waals surface area (Å²) in [6.45, 7) is 0.953. The topological polar surface area (TPSA) is 28.7 Å². The second kappa shape index (κ2) is 4.67. The number of aromatic nitrogens is 1. The third-order valence-corrected chi connectivity index (χ3v) is 3.89. The van der Waals surface area contributed by atoms with Crippen LogP contribution >= 0.6 is 11.3 Å². The van der Waals surface area contributed by atoms with Crippen molar-refractivity contribution in [2.75, 3.05) is 0 Å². The van der Waals surface area contributed by atoms with Gasteiger partial charge in [-0.1, -0.05) is 6.07 Å². The van der Waals surface area contributed by atoms with E-state index in [-0.39, 0.29) is 0 Å². The van der Waals surface area contributed by atoms with Crippen molar-refractivity contribution in [1.82, 2.24) is 4.57 Å². The van der Waals surface area contributed by atoms with Gasteiger partial charge in [-0.2, -0.15) is 16.6 Å². The molecule has 0 N–H and O–H groups in total. The average molecular weight is 252 g/mol. The van der Waals surface area contributed by atoms with Gasteiger partial charge in [0, 0.05) is 23.6 Å². The van der Waals surface area contributed by atoms with Crippen LogP contribution in [0, 0.1) is 11.3 Å². The van der Waals surface area contributed by atoms with Gasteiger partial charge < -0.3 is 4.57 Å². The van der Waals surface area contributed by atoms with E-state index in [1.165, 1.54) is 5.56 Å². The number of hydrogen-bond donors (Lipinski definition) is 0. The van der Waals surface area contributed by atoms with Crippen LogP contribution in [0.5, 0.6) is 0 Å². The van der Waals surface area contributed by atoms with E-state index in [1.807, 2.05) is 18.2 Å². The number of hydrogen-bond acceptors (Lipinski definition) is 2. The maximum Gasteiger partial charge on any atom is 0.0998 e. The number of benzene rings is 1. The molecule has 0 aliphatic rings. The van der Waals surface area contributed by atoms with Crippen molar-refractivity contribution in [3.05, 3.63) is 58.4 Å².